The summed E-state index contributed by atoms with van der Waals surface area (Å²) in [5, 5.41) is 13.6. The van der Waals surface area contributed by atoms with Crippen molar-refractivity contribution in [1.29, 1.82) is 0 Å². The molecule has 0 bridgehead atoms. The summed E-state index contributed by atoms with van der Waals surface area (Å²) >= 11 is 3.43. The molecule has 2 atom stereocenters. The van der Waals surface area contributed by atoms with Gasteiger partial charge in [-0.25, -0.2) is 4.39 Å². The molecule has 0 spiro atoms. The Balaban J connectivity index is 2.20. The molecule has 0 aromatic heterocycles. The third-order valence-corrected chi connectivity index (χ3v) is 4.31. The van der Waals surface area contributed by atoms with E-state index < -0.39 is 6.23 Å². The van der Waals surface area contributed by atoms with Crippen LogP contribution >= 0.6 is 15.9 Å². The molecule has 0 radical (unpaired) electrons. The van der Waals surface area contributed by atoms with Crippen LogP contribution in [0.3, 0.4) is 0 Å². The first-order valence-electron chi connectivity index (χ1n) is 7.90. The maximum absolute atomic E-state index is 13.2. The minimum absolute atomic E-state index is 0.175. The van der Waals surface area contributed by atoms with Gasteiger partial charge < -0.3 is 5.11 Å². The molecule has 2 aromatic carbocycles. The first kappa shape index (κ1) is 18.1. The van der Waals surface area contributed by atoms with Gasteiger partial charge in [0.1, 0.15) is 12.0 Å². The topological polar surface area (TPSA) is 32.3 Å². The van der Waals surface area contributed by atoms with Crippen LogP contribution in [-0.2, 0) is 0 Å². The Bertz CT molecular complexity index is 552. The van der Waals surface area contributed by atoms with Gasteiger partial charge in [0.05, 0.1) is 6.04 Å². The lowest BCUT2D eigenvalue weighted by atomic mass is 9.98. The van der Waals surface area contributed by atoms with Gasteiger partial charge in [0.15, 0.2) is 0 Å². The number of benzene rings is 2. The summed E-state index contributed by atoms with van der Waals surface area (Å²) in [6.45, 7) is 4.28. The van der Waals surface area contributed by atoms with Crippen LogP contribution in [0, 0.1) is 11.7 Å². The standard InChI is InChI=1S/C19H23BrFNO/c1-13(2)3-12-18(23)22-19(14-4-8-16(20)9-5-14)15-6-10-17(21)11-7-15/h4-11,13,18-19,22-23H,3,12H2,1-2H3/t18?,19-/m0/s1. The van der Waals surface area contributed by atoms with Crippen molar-refractivity contribution in [2.75, 3.05) is 0 Å². The van der Waals surface area contributed by atoms with Crippen LogP contribution in [0.2, 0.25) is 0 Å². The Morgan fingerprint density at radius 1 is 0.957 bits per heavy atom. The minimum atomic E-state index is -0.601. The monoisotopic (exact) mass is 379 g/mol. The number of nitrogens with one attached hydrogen (secondary N) is 1. The summed E-state index contributed by atoms with van der Waals surface area (Å²) in [4.78, 5) is 0. The van der Waals surface area contributed by atoms with E-state index in [9.17, 15) is 9.50 Å². The lowest BCUT2D eigenvalue weighted by Gasteiger charge is -2.24. The highest BCUT2D eigenvalue weighted by molar-refractivity contribution is 9.10. The molecule has 4 heteroatoms. The van der Waals surface area contributed by atoms with Crippen LogP contribution in [0.1, 0.15) is 43.9 Å². The predicted molar refractivity (Wildman–Crippen MR) is 95.6 cm³/mol. The van der Waals surface area contributed by atoms with Gasteiger partial charge in [0.25, 0.3) is 0 Å². The zero-order valence-electron chi connectivity index (χ0n) is 13.5. The van der Waals surface area contributed by atoms with Crippen molar-refractivity contribution in [3.05, 3.63) is 69.9 Å². The highest BCUT2D eigenvalue weighted by Gasteiger charge is 2.18. The van der Waals surface area contributed by atoms with Gasteiger partial charge >= 0.3 is 0 Å². The molecule has 0 amide bonds. The van der Waals surface area contributed by atoms with Crippen molar-refractivity contribution in [3.8, 4) is 0 Å². The van der Waals surface area contributed by atoms with Gasteiger partial charge in [0, 0.05) is 4.47 Å². The maximum atomic E-state index is 13.2. The van der Waals surface area contributed by atoms with Crippen molar-refractivity contribution in [2.45, 2.75) is 39.0 Å². The van der Waals surface area contributed by atoms with Crippen molar-refractivity contribution in [1.82, 2.24) is 5.32 Å². The average molecular weight is 380 g/mol. The van der Waals surface area contributed by atoms with E-state index in [4.69, 9.17) is 0 Å². The second kappa shape index (κ2) is 8.57. The summed E-state index contributed by atoms with van der Waals surface area (Å²) in [7, 11) is 0. The molecule has 0 heterocycles. The van der Waals surface area contributed by atoms with Gasteiger partial charge in [0.2, 0.25) is 0 Å². The van der Waals surface area contributed by atoms with Crippen LogP contribution in [0.15, 0.2) is 53.0 Å². The van der Waals surface area contributed by atoms with E-state index in [1.807, 2.05) is 24.3 Å². The Morgan fingerprint density at radius 3 is 2.00 bits per heavy atom. The number of aliphatic hydroxyl groups is 1. The molecule has 2 aromatic rings. The first-order chi connectivity index (χ1) is 11.0. The van der Waals surface area contributed by atoms with Crippen molar-refractivity contribution >= 4 is 15.9 Å². The molecule has 0 saturated carbocycles. The maximum Gasteiger partial charge on any atom is 0.123 e. The fourth-order valence-electron chi connectivity index (χ4n) is 2.46. The SMILES string of the molecule is CC(C)CCC(O)N[C@H](c1ccc(F)cc1)c1ccc(Br)cc1. The fourth-order valence-corrected chi connectivity index (χ4v) is 2.73. The van der Waals surface area contributed by atoms with Gasteiger partial charge in [-0.1, -0.05) is 54.0 Å². The van der Waals surface area contributed by atoms with Crippen LogP contribution in [0.4, 0.5) is 4.39 Å². The minimum Gasteiger partial charge on any atom is -0.379 e. The lowest BCUT2D eigenvalue weighted by molar-refractivity contribution is 0.112. The Hall–Kier alpha value is -1.23. The van der Waals surface area contributed by atoms with Crippen molar-refractivity contribution in [3.63, 3.8) is 0 Å². The number of hydrogen-bond donors (Lipinski definition) is 2. The van der Waals surface area contributed by atoms with Crippen LogP contribution < -0.4 is 5.32 Å². The van der Waals surface area contributed by atoms with Gasteiger partial charge in [-0.3, -0.25) is 5.32 Å². The molecule has 2 nitrogen and oxygen atoms in total. The van der Waals surface area contributed by atoms with Crippen LogP contribution in [0.5, 0.6) is 0 Å². The van der Waals surface area contributed by atoms with E-state index in [1.165, 1.54) is 12.1 Å². The Labute approximate surface area is 145 Å². The summed E-state index contributed by atoms with van der Waals surface area (Å²) < 4.78 is 14.2. The number of rotatable bonds is 7. The van der Waals surface area contributed by atoms with E-state index in [0.717, 1.165) is 22.0 Å². The summed E-state index contributed by atoms with van der Waals surface area (Å²) in [5.41, 5.74) is 1.96. The second-order valence-electron chi connectivity index (χ2n) is 6.19. The molecule has 124 valence electrons. The smallest absolute Gasteiger partial charge is 0.123 e. The zero-order chi connectivity index (χ0) is 16.8. The lowest BCUT2D eigenvalue weighted by Crippen LogP contribution is -2.33. The molecular weight excluding hydrogens is 357 g/mol. The van der Waals surface area contributed by atoms with E-state index in [1.54, 1.807) is 12.1 Å². The molecule has 0 fully saturated rings. The molecule has 1 unspecified atom stereocenters. The molecule has 0 aliphatic heterocycles. The highest BCUT2D eigenvalue weighted by atomic mass is 79.9. The van der Waals surface area contributed by atoms with Crippen molar-refractivity contribution < 1.29 is 9.50 Å². The van der Waals surface area contributed by atoms with E-state index in [-0.39, 0.29) is 11.9 Å². The molecule has 23 heavy (non-hydrogen) atoms. The molecule has 0 saturated heterocycles. The fraction of sp³-hybridized carbons (Fsp3) is 0.368. The van der Waals surface area contributed by atoms with Gasteiger partial charge in [-0.05, 0) is 54.2 Å². The second-order valence-corrected chi connectivity index (χ2v) is 7.11. The summed E-state index contributed by atoms with van der Waals surface area (Å²) in [6, 6.07) is 14.2. The predicted octanol–water partition coefficient (Wildman–Crippen LogP) is 5.02. The summed E-state index contributed by atoms with van der Waals surface area (Å²) in [5.74, 6) is 0.284. The third kappa shape index (κ3) is 5.72. The van der Waals surface area contributed by atoms with E-state index in [2.05, 4.69) is 35.1 Å². The third-order valence-electron chi connectivity index (χ3n) is 3.78. The van der Waals surface area contributed by atoms with Gasteiger partial charge in [-0.2, -0.15) is 0 Å². The van der Waals surface area contributed by atoms with Crippen LogP contribution in [0.25, 0.3) is 0 Å². The Morgan fingerprint density at radius 2 is 1.48 bits per heavy atom. The number of hydrogen-bond acceptors (Lipinski definition) is 2. The molecular formula is C19H23BrFNO. The molecule has 0 aliphatic rings. The van der Waals surface area contributed by atoms with Crippen molar-refractivity contribution in [2.24, 2.45) is 5.92 Å². The molecule has 2 N–H and O–H groups in total. The largest absolute Gasteiger partial charge is 0.379 e. The van der Waals surface area contributed by atoms with Crippen LogP contribution in [-0.4, -0.2) is 11.3 Å². The normalized spacial score (nSPS) is 14.0. The summed E-state index contributed by atoms with van der Waals surface area (Å²) in [6.07, 6.45) is 1.03. The Kier molecular flexibility index (Phi) is 6.75. The van der Waals surface area contributed by atoms with E-state index >= 15 is 0 Å². The average Bonchev–Trinajstić information content (AvgIpc) is 2.52. The highest BCUT2D eigenvalue weighted by Crippen LogP contribution is 2.25. The quantitative estimate of drug-likeness (QED) is 0.661. The number of halogens is 2. The first-order valence-corrected chi connectivity index (χ1v) is 8.70. The molecule has 0 aliphatic carbocycles. The van der Waals surface area contributed by atoms with Gasteiger partial charge in [-0.15, -0.1) is 0 Å². The molecule has 2 rings (SSSR count). The zero-order valence-corrected chi connectivity index (χ0v) is 15.1. The van der Waals surface area contributed by atoms with E-state index in [0.29, 0.717) is 12.3 Å². The number of aliphatic hydroxyl groups excluding tert-OH is 1.